The molecule has 33 heavy (non-hydrogen) atoms. The van der Waals surface area contributed by atoms with Crippen LogP contribution in [0.3, 0.4) is 0 Å². The number of hydrogen-bond acceptors (Lipinski definition) is 8. The van der Waals surface area contributed by atoms with Gasteiger partial charge in [0.2, 0.25) is 0 Å². The van der Waals surface area contributed by atoms with Gasteiger partial charge in [0, 0.05) is 48.8 Å². The molecule has 4 rings (SSSR count). The third-order valence-electron chi connectivity index (χ3n) is 5.54. The topological polar surface area (TPSA) is 123 Å². The van der Waals surface area contributed by atoms with Gasteiger partial charge in [0.1, 0.15) is 0 Å². The summed E-state index contributed by atoms with van der Waals surface area (Å²) in [5.74, 6) is 0. The summed E-state index contributed by atoms with van der Waals surface area (Å²) < 4.78 is 10.4. The number of nitrogens with one attached hydrogen (secondary N) is 1. The van der Waals surface area contributed by atoms with Gasteiger partial charge in [0.05, 0.1) is 31.7 Å². The number of rotatable bonds is 7. The molecular formula is C25H28N6O2. The van der Waals surface area contributed by atoms with E-state index in [2.05, 4.69) is 27.0 Å². The Morgan fingerprint density at radius 3 is 2.61 bits per heavy atom. The van der Waals surface area contributed by atoms with E-state index < -0.39 is 0 Å². The van der Waals surface area contributed by atoms with E-state index in [1.54, 1.807) is 18.5 Å². The zero-order chi connectivity index (χ0) is 23.2. The molecule has 0 unspecified atom stereocenters. The molecule has 1 fully saturated rings. The lowest BCUT2D eigenvalue weighted by Gasteiger charge is -2.26. The highest BCUT2D eigenvalue weighted by atomic mass is 16.5. The second-order valence-electron chi connectivity index (χ2n) is 7.87. The van der Waals surface area contributed by atoms with E-state index in [1.807, 2.05) is 30.3 Å². The van der Waals surface area contributed by atoms with Gasteiger partial charge in [-0.15, -0.1) is 0 Å². The number of allylic oxidation sites excluding steroid dienone is 1. The maximum Gasteiger partial charge on any atom is 0.316 e. The fourth-order valence-corrected chi connectivity index (χ4v) is 3.73. The van der Waals surface area contributed by atoms with E-state index in [0.29, 0.717) is 23.0 Å². The number of nitrogens with zero attached hydrogens (tertiary/aromatic N) is 3. The lowest BCUT2D eigenvalue weighted by molar-refractivity contribution is 0.0342. The van der Waals surface area contributed by atoms with Crippen LogP contribution in [0.4, 0.5) is 5.69 Å². The smallest absolute Gasteiger partial charge is 0.316 e. The minimum atomic E-state index is 0.169. The number of hydrogen-bond donors (Lipinski definition) is 3. The van der Waals surface area contributed by atoms with Gasteiger partial charge in [0.15, 0.2) is 0 Å². The molecule has 170 valence electrons. The largest absolute Gasteiger partial charge is 0.467 e. The predicted molar refractivity (Wildman–Crippen MR) is 130 cm³/mol. The molecule has 0 aliphatic carbocycles. The van der Waals surface area contributed by atoms with E-state index in [-0.39, 0.29) is 5.71 Å². The van der Waals surface area contributed by atoms with Crippen LogP contribution in [0.25, 0.3) is 17.2 Å². The SMILES string of the molecule is COc1ncc(-c2ccc(N)c(C(=N)/C(N)=C/c3cccc(CN4CCOCC4)c3)c2)cn1. The van der Waals surface area contributed by atoms with Crippen LogP contribution in [0.1, 0.15) is 16.7 Å². The van der Waals surface area contributed by atoms with Crippen LogP contribution < -0.4 is 16.2 Å². The van der Waals surface area contributed by atoms with Crippen LogP contribution in [0.5, 0.6) is 6.01 Å². The Morgan fingerprint density at radius 1 is 1.12 bits per heavy atom. The van der Waals surface area contributed by atoms with Crippen molar-refractivity contribution < 1.29 is 9.47 Å². The summed E-state index contributed by atoms with van der Waals surface area (Å²) in [5, 5.41) is 8.66. The van der Waals surface area contributed by atoms with E-state index in [1.165, 1.54) is 12.7 Å². The number of nitrogen functional groups attached to an aromatic ring is 1. The van der Waals surface area contributed by atoms with Gasteiger partial charge in [-0.05, 0) is 34.9 Å². The zero-order valence-electron chi connectivity index (χ0n) is 18.6. The standard InChI is InChI=1S/C25H28N6O2/c1-32-25-29-14-20(15-30-25)19-5-6-22(26)21(13-19)24(28)23(27)12-17-3-2-4-18(11-17)16-31-7-9-33-10-8-31/h2-6,11-15,28H,7-10,16,26-27H2,1H3/b23-12-,28-24?. The molecule has 2 heterocycles. The molecule has 1 saturated heterocycles. The monoisotopic (exact) mass is 444 g/mol. The zero-order valence-corrected chi connectivity index (χ0v) is 18.6. The van der Waals surface area contributed by atoms with Crippen molar-refractivity contribution in [2.45, 2.75) is 6.54 Å². The minimum absolute atomic E-state index is 0.169. The molecule has 3 aromatic rings. The van der Waals surface area contributed by atoms with Gasteiger partial charge in [-0.1, -0.05) is 30.3 Å². The van der Waals surface area contributed by atoms with Crippen LogP contribution in [-0.4, -0.2) is 54.0 Å². The molecule has 0 spiro atoms. The Kier molecular flexibility index (Phi) is 6.97. The van der Waals surface area contributed by atoms with Crippen molar-refractivity contribution >= 4 is 17.5 Å². The van der Waals surface area contributed by atoms with Crippen molar-refractivity contribution in [1.29, 1.82) is 5.41 Å². The van der Waals surface area contributed by atoms with Crippen molar-refractivity contribution in [3.05, 3.63) is 77.2 Å². The van der Waals surface area contributed by atoms with Crippen LogP contribution in [-0.2, 0) is 11.3 Å². The summed E-state index contributed by atoms with van der Waals surface area (Å²) in [4.78, 5) is 10.7. The highest BCUT2D eigenvalue weighted by Crippen LogP contribution is 2.25. The van der Waals surface area contributed by atoms with E-state index >= 15 is 0 Å². The molecule has 0 atom stereocenters. The molecule has 8 heteroatoms. The van der Waals surface area contributed by atoms with E-state index in [9.17, 15) is 0 Å². The first-order valence-electron chi connectivity index (χ1n) is 10.7. The first-order chi connectivity index (χ1) is 16.0. The first kappa shape index (κ1) is 22.4. The third-order valence-corrected chi connectivity index (χ3v) is 5.54. The Bertz CT molecular complexity index is 1150. The number of anilines is 1. The molecule has 5 N–H and O–H groups in total. The molecule has 1 aliphatic heterocycles. The Balaban J connectivity index is 1.54. The summed E-state index contributed by atoms with van der Waals surface area (Å²) in [6.45, 7) is 4.27. The Hall–Kier alpha value is -3.75. The van der Waals surface area contributed by atoms with Crippen LogP contribution >= 0.6 is 0 Å². The summed E-state index contributed by atoms with van der Waals surface area (Å²) in [6.07, 6.45) is 5.15. The quantitative estimate of drug-likeness (QED) is 0.378. The fraction of sp³-hybridized carbons (Fsp3) is 0.240. The lowest BCUT2D eigenvalue weighted by atomic mass is 9.98. The second-order valence-corrected chi connectivity index (χ2v) is 7.87. The molecule has 1 aliphatic rings. The predicted octanol–water partition coefficient (Wildman–Crippen LogP) is 2.93. The van der Waals surface area contributed by atoms with Crippen LogP contribution in [0, 0.1) is 5.41 Å². The number of aromatic nitrogens is 2. The van der Waals surface area contributed by atoms with Gasteiger partial charge in [-0.2, -0.15) is 0 Å². The van der Waals surface area contributed by atoms with Crippen molar-refractivity contribution in [3.63, 3.8) is 0 Å². The first-order valence-corrected chi connectivity index (χ1v) is 10.7. The maximum absolute atomic E-state index is 8.66. The van der Waals surface area contributed by atoms with Gasteiger partial charge >= 0.3 is 6.01 Å². The van der Waals surface area contributed by atoms with E-state index in [4.69, 9.17) is 26.4 Å². The van der Waals surface area contributed by atoms with Crippen molar-refractivity contribution in [3.8, 4) is 17.1 Å². The summed E-state index contributed by atoms with van der Waals surface area (Å²) in [7, 11) is 1.52. The highest BCUT2D eigenvalue weighted by Gasteiger charge is 2.13. The Morgan fingerprint density at radius 2 is 1.88 bits per heavy atom. The van der Waals surface area contributed by atoms with Crippen LogP contribution in [0.2, 0.25) is 0 Å². The average molecular weight is 445 g/mol. The normalized spacial score (nSPS) is 14.8. The van der Waals surface area contributed by atoms with E-state index in [0.717, 1.165) is 49.5 Å². The van der Waals surface area contributed by atoms with Crippen LogP contribution in [0.15, 0.2) is 60.6 Å². The van der Waals surface area contributed by atoms with Gasteiger partial charge in [-0.3, -0.25) is 10.3 Å². The summed E-state index contributed by atoms with van der Waals surface area (Å²) in [5.41, 5.74) is 17.8. The third kappa shape index (κ3) is 5.54. The maximum atomic E-state index is 8.66. The number of ether oxygens (including phenoxy) is 2. The molecule has 0 amide bonds. The minimum Gasteiger partial charge on any atom is -0.467 e. The lowest BCUT2D eigenvalue weighted by Crippen LogP contribution is -2.35. The van der Waals surface area contributed by atoms with Crippen molar-refractivity contribution in [1.82, 2.24) is 14.9 Å². The summed E-state index contributed by atoms with van der Waals surface area (Å²) in [6, 6.07) is 14.0. The number of morpholine rings is 1. The molecule has 0 saturated carbocycles. The highest BCUT2D eigenvalue weighted by molar-refractivity contribution is 6.15. The average Bonchev–Trinajstić information content (AvgIpc) is 2.85. The molecule has 0 radical (unpaired) electrons. The van der Waals surface area contributed by atoms with Gasteiger partial charge in [-0.25, -0.2) is 9.97 Å². The second kappa shape index (κ2) is 10.2. The fourth-order valence-electron chi connectivity index (χ4n) is 3.73. The molecular weight excluding hydrogens is 416 g/mol. The number of nitrogens with two attached hydrogens (primary N) is 2. The number of methoxy groups -OCH3 is 1. The summed E-state index contributed by atoms with van der Waals surface area (Å²) >= 11 is 0. The molecule has 1 aromatic heterocycles. The number of benzene rings is 2. The van der Waals surface area contributed by atoms with Crippen molar-refractivity contribution in [2.24, 2.45) is 5.73 Å². The molecule has 2 aromatic carbocycles. The molecule has 8 nitrogen and oxygen atoms in total. The van der Waals surface area contributed by atoms with Gasteiger partial charge in [0.25, 0.3) is 0 Å². The molecule has 0 bridgehead atoms. The Labute approximate surface area is 193 Å². The van der Waals surface area contributed by atoms with Crippen molar-refractivity contribution in [2.75, 3.05) is 39.1 Å². The van der Waals surface area contributed by atoms with Gasteiger partial charge < -0.3 is 20.9 Å².